The van der Waals surface area contributed by atoms with Crippen molar-refractivity contribution in [1.82, 2.24) is 0 Å². The van der Waals surface area contributed by atoms with Crippen LogP contribution < -0.4 is 0 Å². The third-order valence-corrected chi connectivity index (χ3v) is 11.2. The molecule has 2 saturated carbocycles. The first kappa shape index (κ1) is 35.5. The van der Waals surface area contributed by atoms with Gasteiger partial charge in [-0.15, -0.1) is 0 Å². The molecular weight excluding hydrogens is 606 g/mol. The molecule has 0 spiro atoms. The van der Waals surface area contributed by atoms with Gasteiger partial charge in [0, 0.05) is 11.8 Å². The minimum atomic E-state index is -5.61. The standard InChI is InChI=1S/C14H18F8.C13H18F6O/c1-6-7(2)9-4-8(6)10(12(9,15)16)5-11(3,13(17,18)19)14(20,21)22;1-6-7(2)10-8(4-9(6)20-10)5-11(3,12(14,15)16)13(17,18)19/h6-10H,4-5H2,1-3H3;6-10H,4-5H2,1-3H3. The Morgan fingerprint density at radius 2 is 1.02 bits per heavy atom. The van der Waals surface area contributed by atoms with Crippen LogP contribution in [0.15, 0.2) is 0 Å². The summed E-state index contributed by atoms with van der Waals surface area (Å²) in [5.74, 6) is -8.43. The lowest BCUT2D eigenvalue weighted by Gasteiger charge is -2.43. The van der Waals surface area contributed by atoms with Crippen molar-refractivity contribution in [2.24, 2.45) is 58.2 Å². The molecule has 2 saturated heterocycles. The molecule has 1 nitrogen and oxygen atoms in total. The first-order valence-electron chi connectivity index (χ1n) is 13.8. The summed E-state index contributed by atoms with van der Waals surface area (Å²) in [5.41, 5.74) is -7.77. The molecule has 0 amide bonds. The lowest BCUT2D eigenvalue weighted by Crippen LogP contribution is -2.52. The van der Waals surface area contributed by atoms with Gasteiger partial charge in [0.25, 0.3) is 5.92 Å². The molecule has 2 aliphatic carbocycles. The average molecular weight is 643 g/mol. The van der Waals surface area contributed by atoms with Gasteiger partial charge in [0.1, 0.15) is 0 Å². The Labute approximate surface area is 235 Å². The third kappa shape index (κ3) is 5.51. The molecule has 15 heteroatoms. The maximum absolute atomic E-state index is 14.3. The second kappa shape index (κ2) is 10.5. The van der Waals surface area contributed by atoms with Crippen molar-refractivity contribution in [3.05, 3.63) is 0 Å². The predicted molar refractivity (Wildman–Crippen MR) is 123 cm³/mol. The topological polar surface area (TPSA) is 9.23 Å². The zero-order valence-corrected chi connectivity index (χ0v) is 23.8. The molecule has 4 aliphatic rings. The van der Waals surface area contributed by atoms with Gasteiger partial charge in [-0.2, -0.15) is 52.7 Å². The van der Waals surface area contributed by atoms with E-state index >= 15 is 0 Å². The van der Waals surface area contributed by atoms with Crippen LogP contribution in [0.5, 0.6) is 0 Å². The smallest absolute Gasteiger partial charge is 0.374 e. The molecule has 248 valence electrons. The van der Waals surface area contributed by atoms with E-state index in [1.165, 1.54) is 0 Å². The lowest BCUT2D eigenvalue weighted by atomic mass is 9.67. The summed E-state index contributed by atoms with van der Waals surface area (Å²) in [7, 11) is 0. The quantitative estimate of drug-likeness (QED) is 0.278. The largest absolute Gasteiger partial charge is 0.402 e. The molecule has 0 aromatic rings. The zero-order chi connectivity index (χ0) is 32.8. The molecule has 2 aliphatic heterocycles. The molecule has 0 aromatic heterocycles. The van der Waals surface area contributed by atoms with Crippen molar-refractivity contribution < 1.29 is 66.2 Å². The van der Waals surface area contributed by atoms with Gasteiger partial charge >= 0.3 is 24.7 Å². The van der Waals surface area contributed by atoms with E-state index in [4.69, 9.17) is 4.74 Å². The van der Waals surface area contributed by atoms with Crippen LogP contribution in [0.2, 0.25) is 0 Å². The molecule has 0 N–H and O–H groups in total. The summed E-state index contributed by atoms with van der Waals surface area (Å²) in [4.78, 5) is 0. The molecule has 4 rings (SSSR count). The van der Waals surface area contributed by atoms with E-state index in [1.54, 1.807) is 13.8 Å². The zero-order valence-electron chi connectivity index (χ0n) is 23.8. The second-order valence-corrected chi connectivity index (χ2v) is 13.4. The highest BCUT2D eigenvalue weighted by Crippen LogP contribution is 2.67. The summed E-state index contributed by atoms with van der Waals surface area (Å²) in [6.07, 6.45) is -24.8. The monoisotopic (exact) mass is 642 g/mol. The van der Waals surface area contributed by atoms with Crippen molar-refractivity contribution in [3.63, 3.8) is 0 Å². The van der Waals surface area contributed by atoms with Gasteiger partial charge < -0.3 is 4.74 Å². The maximum Gasteiger partial charge on any atom is 0.402 e. The number of ether oxygens (including phenoxy) is 1. The van der Waals surface area contributed by atoms with Crippen LogP contribution >= 0.6 is 0 Å². The fraction of sp³-hybridized carbons (Fsp3) is 1.00. The molecule has 0 radical (unpaired) electrons. The van der Waals surface area contributed by atoms with Crippen LogP contribution in [-0.4, -0.2) is 42.8 Å². The SMILES string of the molecule is CC1C(C)C2CC1C(CC(C)(C(F)(F)F)C(F)(F)F)C2(F)F.CC1C2CC(CC(C)(C(F)(F)F)C(F)(F)F)C(O2)C1C. The van der Waals surface area contributed by atoms with E-state index in [1.807, 2.05) is 13.8 Å². The molecule has 10 atom stereocenters. The molecule has 42 heavy (non-hydrogen) atoms. The van der Waals surface area contributed by atoms with E-state index in [2.05, 4.69) is 0 Å². The molecule has 4 bridgehead atoms. The van der Waals surface area contributed by atoms with Gasteiger partial charge in [-0.25, -0.2) is 8.78 Å². The number of hydrogen-bond acceptors (Lipinski definition) is 1. The van der Waals surface area contributed by atoms with Crippen LogP contribution in [0.25, 0.3) is 0 Å². The average Bonchev–Trinajstić information content (AvgIpc) is 3.48. The van der Waals surface area contributed by atoms with Crippen LogP contribution in [-0.2, 0) is 4.74 Å². The third-order valence-electron chi connectivity index (χ3n) is 11.2. The van der Waals surface area contributed by atoms with Gasteiger partial charge in [-0.1, -0.05) is 27.7 Å². The minimum Gasteiger partial charge on any atom is -0.374 e. The summed E-state index contributed by atoms with van der Waals surface area (Å²) in [6.45, 7) is 7.23. The molecule has 10 unspecified atom stereocenters. The highest BCUT2D eigenvalue weighted by atomic mass is 19.4. The Balaban J connectivity index is 0.000000231. The van der Waals surface area contributed by atoms with Crippen LogP contribution in [0, 0.1) is 58.2 Å². The van der Waals surface area contributed by atoms with Gasteiger partial charge in [0.2, 0.25) is 0 Å². The van der Waals surface area contributed by atoms with Crippen LogP contribution in [0.4, 0.5) is 61.5 Å². The molecule has 2 heterocycles. The van der Waals surface area contributed by atoms with E-state index in [0.717, 1.165) is 0 Å². The Kier molecular flexibility index (Phi) is 8.88. The number of hydrogen-bond donors (Lipinski definition) is 0. The van der Waals surface area contributed by atoms with E-state index < -0.39 is 84.1 Å². The minimum absolute atomic E-state index is 0.00414. The fourth-order valence-electron chi connectivity index (χ4n) is 7.64. The van der Waals surface area contributed by atoms with Crippen LogP contribution in [0.3, 0.4) is 0 Å². The molecule has 0 aromatic carbocycles. The maximum atomic E-state index is 14.3. The lowest BCUT2D eigenvalue weighted by molar-refractivity contribution is -0.345. The number of rotatable bonds is 4. The highest BCUT2D eigenvalue weighted by Gasteiger charge is 2.73. The summed E-state index contributed by atoms with van der Waals surface area (Å²) < 4.78 is 189. The number of alkyl halides is 14. The van der Waals surface area contributed by atoms with Crippen molar-refractivity contribution in [2.75, 3.05) is 0 Å². The summed E-state index contributed by atoms with van der Waals surface area (Å²) in [6, 6.07) is 0. The predicted octanol–water partition coefficient (Wildman–Crippen LogP) is 10.2. The molecular formula is C27H36F14O. The molecule has 4 fully saturated rings. The Hall–Kier alpha value is -1.02. The second-order valence-electron chi connectivity index (χ2n) is 13.4. The van der Waals surface area contributed by atoms with Crippen LogP contribution in [0.1, 0.15) is 67.2 Å². The summed E-state index contributed by atoms with van der Waals surface area (Å²) >= 11 is 0. The first-order chi connectivity index (χ1) is 18.5. The van der Waals surface area contributed by atoms with E-state index in [0.29, 0.717) is 0 Å². The van der Waals surface area contributed by atoms with E-state index in [9.17, 15) is 61.5 Å². The normalized spacial score (nSPS) is 38.6. The van der Waals surface area contributed by atoms with Crippen molar-refractivity contribution in [1.29, 1.82) is 0 Å². The fourth-order valence-corrected chi connectivity index (χ4v) is 7.64. The van der Waals surface area contributed by atoms with Gasteiger partial charge in [-0.05, 0) is 75.0 Å². The number of fused-ring (bicyclic) bond motifs is 4. The van der Waals surface area contributed by atoms with Gasteiger partial charge in [-0.3, -0.25) is 0 Å². The first-order valence-corrected chi connectivity index (χ1v) is 13.8. The Morgan fingerprint density at radius 1 is 0.595 bits per heavy atom. The van der Waals surface area contributed by atoms with Crippen molar-refractivity contribution in [2.45, 2.75) is 110 Å². The van der Waals surface area contributed by atoms with E-state index in [-0.39, 0.29) is 56.5 Å². The van der Waals surface area contributed by atoms with Crippen molar-refractivity contribution >= 4 is 0 Å². The van der Waals surface area contributed by atoms with Gasteiger partial charge in [0.15, 0.2) is 10.8 Å². The van der Waals surface area contributed by atoms with Gasteiger partial charge in [0.05, 0.1) is 12.2 Å². The highest BCUT2D eigenvalue weighted by molar-refractivity contribution is 5.09. The van der Waals surface area contributed by atoms with Crippen molar-refractivity contribution in [3.8, 4) is 0 Å². The number of halogens is 14. The summed E-state index contributed by atoms with van der Waals surface area (Å²) in [5, 5.41) is 0. The Bertz CT molecular complexity index is 934. The Morgan fingerprint density at radius 3 is 1.38 bits per heavy atom.